The van der Waals surface area contributed by atoms with Crippen LogP contribution >= 0.6 is 0 Å². The van der Waals surface area contributed by atoms with Gasteiger partial charge in [0.1, 0.15) is 6.61 Å². The van der Waals surface area contributed by atoms with Crippen LogP contribution in [0.25, 0.3) is 0 Å². The lowest BCUT2D eigenvalue weighted by Crippen LogP contribution is -2.45. The Morgan fingerprint density at radius 2 is 2.00 bits per heavy atom. The number of ether oxygens (including phenoxy) is 3. The Balaban J connectivity index is 2.74. The van der Waals surface area contributed by atoms with E-state index in [-0.39, 0.29) is 11.5 Å². The lowest BCUT2D eigenvalue weighted by atomic mass is 9.89. The maximum absolute atomic E-state index is 5.66. The minimum Gasteiger partial charge on any atom is -0.475 e. The van der Waals surface area contributed by atoms with Crippen LogP contribution in [0, 0.1) is 5.41 Å². The predicted molar refractivity (Wildman–Crippen MR) is 105 cm³/mol. The van der Waals surface area contributed by atoms with Crippen molar-refractivity contribution in [3.63, 3.8) is 0 Å². The molecule has 0 saturated carbocycles. The second kappa shape index (κ2) is 11.7. The minimum absolute atomic E-state index is 0.0464. The van der Waals surface area contributed by atoms with Crippen molar-refractivity contribution in [1.29, 1.82) is 0 Å². The molecule has 0 spiro atoms. The van der Waals surface area contributed by atoms with E-state index in [0.717, 1.165) is 18.1 Å². The minimum atomic E-state index is 0.0464. The quantitative estimate of drug-likeness (QED) is 0.376. The summed E-state index contributed by atoms with van der Waals surface area (Å²) in [6, 6.07) is 3.85. The first-order valence-electron chi connectivity index (χ1n) is 9.03. The van der Waals surface area contributed by atoms with Crippen LogP contribution in [-0.2, 0) is 16.0 Å². The van der Waals surface area contributed by atoms with Gasteiger partial charge in [-0.15, -0.1) is 0 Å². The van der Waals surface area contributed by atoms with E-state index in [9.17, 15) is 0 Å². The number of nitrogens with zero attached hydrogens (tertiary/aromatic N) is 2. The summed E-state index contributed by atoms with van der Waals surface area (Å²) in [6.45, 7) is 11.4. The summed E-state index contributed by atoms with van der Waals surface area (Å²) in [5.74, 6) is 1.33. The zero-order chi connectivity index (χ0) is 19.4. The van der Waals surface area contributed by atoms with Gasteiger partial charge < -0.3 is 24.8 Å². The molecule has 0 fully saturated rings. The fraction of sp³-hybridized carbons (Fsp3) is 0.684. The van der Waals surface area contributed by atoms with Crippen LogP contribution in [0.4, 0.5) is 0 Å². The van der Waals surface area contributed by atoms with Gasteiger partial charge >= 0.3 is 0 Å². The van der Waals surface area contributed by atoms with Crippen molar-refractivity contribution >= 4 is 5.96 Å². The Bertz CT molecular complexity index is 544. The first kappa shape index (κ1) is 22.2. The van der Waals surface area contributed by atoms with Crippen molar-refractivity contribution in [3.05, 3.63) is 23.9 Å². The molecule has 0 amide bonds. The maximum Gasteiger partial charge on any atom is 0.218 e. The molecule has 1 rings (SSSR count). The summed E-state index contributed by atoms with van der Waals surface area (Å²) in [4.78, 5) is 8.93. The second-order valence-corrected chi connectivity index (χ2v) is 6.98. The molecular formula is C19H34N4O3. The lowest BCUT2D eigenvalue weighted by Gasteiger charge is -2.30. The van der Waals surface area contributed by atoms with Gasteiger partial charge in [0, 0.05) is 39.1 Å². The fourth-order valence-electron chi connectivity index (χ4n) is 2.33. The van der Waals surface area contributed by atoms with Gasteiger partial charge in [0.15, 0.2) is 5.96 Å². The molecule has 1 unspecified atom stereocenters. The molecule has 1 aromatic rings. The summed E-state index contributed by atoms with van der Waals surface area (Å²) >= 11 is 0. The van der Waals surface area contributed by atoms with Crippen molar-refractivity contribution in [2.75, 3.05) is 40.5 Å². The number of pyridine rings is 1. The van der Waals surface area contributed by atoms with Gasteiger partial charge in [-0.05, 0) is 18.4 Å². The standard InChI is InChI=1S/C19H34N4O3/c1-7-20-18(23-14-16(25-6)19(2,3)4)22-13-15-9-8-10-21-17(15)26-12-11-24-5/h8-10,16H,7,11-14H2,1-6H3,(H2,20,22,23). The summed E-state index contributed by atoms with van der Waals surface area (Å²) in [6.07, 6.45) is 1.79. The van der Waals surface area contributed by atoms with Gasteiger partial charge in [-0.25, -0.2) is 9.98 Å². The van der Waals surface area contributed by atoms with Crippen LogP contribution in [0.5, 0.6) is 5.88 Å². The van der Waals surface area contributed by atoms with Gasteiger partial charge in [-0.1, -0.05) is 26.8 Å². The van der Waals surface area contributed by atoms with E-state index in [1.165, 1.54) is 0 Å². The average molecular weight is 367 g/mol. The van der Waals surface area contributed by atoms with Crippen LogP contribution in [-0.4, -0.2) is 57.6 Å². The molecule has 0 bridgehead atoms. The first-order valence-corrected chi connectivity index (χ1v) is 9.03. The molecule has 7 nitrogen and oxygen atoms in total. The number of aromatic nitrogens is 1. The topological polar surface area (TPSA) is 77.0 Å². The Hall–Kier alpha value is -1.86. The van der Waals surface area contributed by atoms with Crippen LogP contribution < -0.4 is 15.4 Å². The molecule has 2 N–H and O–H groups in total. The van der Waals surface area contributed by atoms with E-state index in [0.29, 0.717) is 32.2 Å². The number of rotatable bonds is 10. The summed E-state index contributed by atoms with van der Waals surface area (Å²) in [5, 5.41) is 6.61. The van der Waals surface area contributed by atoms with E-state index >= 15 is 0 Å². The molecule has 0 aromatic carbocycles. The maximum atomic E-state index is 5.66. The second-order valence-electron chi connectivity index (χ2n) is 6.98. The Morgan fingerprint density at radius 3 is 2.62 bits per heavy atom. The molecule has 7 heteroatoms. The number of methoxy groups -OCH3 is 2. The van der Waals surface area contributed by atoms with Crippen LogP contribution in [0.3, 0.4) is 0 Å². The summed E-state index contributed by atoms with van der Waals surface area (Å²) in [7, 11) is 3.38. The summed E-state index contributed by atoms with van der Waals surface area (Å²) in [5.41, 5.74) is 0.977. The number of hydrogen-bond acceptors (Lipinski definition) is 5. The zero-order valence-corrected chi connectivity index (χ0v) is 17.0. The normalized spacial score (nSPS) is 13.4. The Labute approximate surface area is 157 Å². The van der Waals surface area contributed by atoms with Gasteiger partial charge in [0.2, 0.25) is 5.88 Å². The number of hydrogen-bond donors (Lipinski definition) is 2. The van der Waals surface area contributed by atoms with Gasteiger partial charge in [-0.2, -0.15) is 0 Å². The molecule has 0 radical (unpaired) electrons. The molecule has 26 heavy (non-hydrogen) atoms. The third-order valence-electron chi connectivity index (χ3n) is 3.83. The van der Waals surface area contributed by atoms with Gasteiger partial charge in [0.05, 0.1) is 19.3 Å². The molecule has 0 aliphatic heterocycles. The fourth-order valence-corrected chi connectivity index (χ4v) is 2.33. The van der Waals surface area contributed by atoms with Crippen molar-refractivity contribution in [3.8, 4) is 5.88 Å². The third kappa shape index (κ3) is 8.01. The van der Waals surface area contributed by atoms with Crippen molar-refractivity contribution in [2.24, 2.45) is 10.4 Å². The monoisotopic (exact) mass is 366 g/mol. The van der Waals surface area contributed by atoms with Crippen LogP contribution in [0.2, 0.25) is 0 Å². The number of nitrogens with one attached hydrogen (secondary N) is 2. The molecule has 0 aliphatic rings. The highest BCUT2D eigenvalue weighted by Crippen LogP contribution is 2.21. The lowest BCUT2D eigenvalue weighted by molar-refractivity contribution is 0.0205. The van der Waals surface area contributed by atoms with Crippen molar-refractivity contribution < 1.29 is 14.2 Å². The van der Waals surface area contributed by atoms with Crippen molar-refractivity contribution in [2.45, 2.75) is 40.3 Å². The molecule has 1 heterocycles. The molecule has 1 atom stereocenters. The Kier molecular flexibility index (Phi) is 9.98. The number of guanidine groups is 1. The highest BCUT2D eigenvalue weighted by atomic mass is 16.5. The van der Waals surface area contributed by atoms with E-state index in [1.807, 2.05) is 19.1 Å². The SMILES string of the molecule is CCNC(=NCc1cccnc1OCCOC)NCC(OC)C(C)(C)C. The largest absolute Gasteiger partial charge is 0.475 e. The highest BCUT2D eigenvalue weighted by Gasteiger charge is 2.24. The highest BCUT2D eigenvalue weighted by molar-refractivity contribution is 5.79. The van der Waals surface area contributed by atoms with E-state index in [4.69, 9.17) is 14.2 Å². The summed E-state index contributed by atoms with van der Waals surface area (Å²) < 4.78 is 16.3. The molecule has 1 aromatic heterocycles. The Morgan fingerprint density at radius 1 is 1.23 bits per heavy atom. The predicted octanol–water partition coefficient (Wildman–Crippen LogP) is 2.22. The third-order valence-corrected chi connectivity index (χ3v) is 3.83. The van der Waals surface area contributed by atoms with Crippen LogP contribution in [0.1, 0.15) is 33.3 Å². The van der Waals surface area contributed by atoms with E-state index in [1.54, 1.807) is 20.4 Å². The van der Waals surface area contributed by atoms with E-state index < -0.39 is 0 Å². The van der Waals surface area contributed by atoms with Gasteiger partial charge in [-0.3, -0.25) is 0 Å². The number of aliphatic imine (C=N–C) groups is 1. The van der Waals surface area contributed by atoms with E-state index in [2.05, 4.69) is 41.4 Å². The molecule has 0 aliphatic carbocycles. The average Bonchev–Trinajstić information content (AvgIpc) is 2.60. The molecule has 148 valence electrons. The van der Waals surface area contributed by atoms with Crippen LogP contribution in [0.15, 0.2) is 23.3 Å². The smallest absolute Gasteiger partial charge is 0.218 e. The molecule has 0 saturated heterocycles. The van der Waals surface area contributed by atoms with Crippen molar-refractivity contribution in [1.82, 2.24) is 15.6 Å². The molecular weight excluding hydrogens is 332 g/mol. The van der Waals surface area contributed by atoms with Gasteiger partial charge in [0.25, 0.3) is 0 Å². The first-order chi connectivity index (χ1) is 12.4. The zero-order valence-electron chi connectivity index (χ0n) is 17.0.